The molecule has 0 heterocycles. The van der Waals surface area contributed by atoms with Crippen molar-refractivity contribution >= 4 is 11.6 Å². The number of hydrogen-bond acceptors (Lipinski definition) is 3. The summed E-state index contributed by atoms with van der Waals surface area (Å²) in [4.78, 5) is 11.1. The van der Waals surface area contributed by atoms with E-state index in [0.717, 1.165) is 5.56 Å². The molecule has 0 saturated carbocycles. The molecule has 0 saturated heterocycles. The summed E-state index contributed by atoms with van der Waals surface area (Å²) in [6.07, 6.45) is 0. The number of para-hydroxylation sites is 1. The number of nitrogens with two attached hydrogens (primary N) is 2. The lowest BCUT2D eigenvalue weighted by Gasteiger charge is -2.22. The van der Waals surface area contributed by atoms with Gasteiger partial charge in [0.25, 0.3) is 0 Å². The van der Waals surface area contributed by atoms with Gasteiger partial charge in [-0.25, -0.2) is 0 Å². The van der Waals surface area contributed by atoms with Crippen molar-refractivity contribution < 1.29 is 4.79 Å². The van der Waals surface area contributed by atoms with Crippen molar-refractivity contribution in [1.29, 1.82) is 0 Å². The van der Waals surface area contributed by atoms with Gasteiger partial charge in [0, 0.05) is 12.2 Å². The maximum absolute atomic E-state index is 11.1. The molecule has 0 unspecified atom stereocenters. The highest BCUT2D eigenvalue weighted by molar-refractivity contribution is 5.83. The number of rotatable bonds is 4. The van der Waals surface area contributed by atoms with E-state index in [1.165, 1.54) is 0 Å². The average Bonchev–Trinajstić information content (AvgIpc) is 2.16. The molecule has 0 aliphatic carbocycles. The van der Waals surface area contributed by atoms with Crippen LogP contribution in [-0.4, -0.2) is 11.4 Å². The minimum Gasteiger partial charge on any atom is -0.398 e. The van der Waals surface area contributed by atoms with E-state index < -0.39 is 5.54 Å². The topological polar surface area (TPSA) is 81.1 Å². The molecule has 5 N–H and O–H groups in total. The van der Waals surface area contributed by atoms with Gasteiger partial charge in [0.1, 0.15) is 0 Å². The quantitative estimate of drug-likeness (QED) is 0.633. The number of primary amides is 1. The van der Waals surface area contributed by atoms with Crippen molar-refractivity contribution in [2.75, 3.05) is 5.73 Å². The first-order chi connectivity index (χ1) is 6.93. The summed E-state index contributed by atoms with van der Waals surface area (Å²) in [5.74, 6) is -0.378. The molecule has 0 fully saturated rings. The predicted octanol–water partition coefficient (Wildman–Crippen LogP) is 0.622. The minimum absolute atomic E-state index is 0.378. The number of nitrogen functional groups attached to an aromatic ring is 1. The number of hydrogen-bond donors (Lipinski definition) is 3. The van der Waals surface area contributed by atoms with Gasteiger partial charge in [0.05, 0.1) is 5.54 Å². The van der Waals surface area contributed by atoms with Crippen LogP contribution in [-0.2, 0) is 11.3 Å². The zero-order valence-corrected chi connectivity index (χ0v) is 9.08. The van der Waals surface area contributed by atoms with Gasteiger partial charge in [0.15, 0.2) is 0 Å². The van der Waals surface area contributed by atoms with E-state index in [4.69, 9.17) is 11.5 Å². The van der Waals surface area contributed by atoms with Crippen LogP contribution in [0.1, 0.15) is 19.4 Å². The zero-order chi connectivity index (χ0) is 11.5. The van der Waals surface area contributed by atoms with Crippen molar-refractivity contribution in [3.05, 3.63) is 29.8 Å². The Kier molecular flexibility index (Phi) is 3.31. The van der Waals surface area contributed by atoms with Gasteiger partial charge >= 0.3 is 0 Å². The Morgan fingerprint density at radius 1 is 1.40 bits per heavy atom. The fraction of sp³-hybridized carbons (Fsp3) is 0.364. The molecule has 4 nitrogen and oxygen atoms in total. The maximum Gasteiger partial charge on any atom is 0.237 e. The van der Waals surface area contributed by atoms with Crippen LogP contribution in [0.25, 0.3) is 0 Å². The summed E-state index contributed by atoms with van der Waals surface area (Å²) < 4.78 is 0. The third-order valence-corrected chi connectivity index (χ3v) is 2.39. The van der Waals surface area contributed by atoms with Crippen LogP contribution in [0.4, 0.5) is 5.69 Å². The van der Waals surface area contributed by atoms with Gasteiger partial charge in [0.2, 0.25) is 5.91 Å². The lowest BCUT2D eigenvalue weighted by molar-refractivity contribution is -0.123. The molecule has 1 aromatic rings. The third kappa shape index (κ3) is 2.95. The van der Waals surface area contributed by atoms with Crippen LogP contribution in [0.3, 0.4) is 0 Å². The second-order valence-electron chi connectivity index (χ2n) is 4.04. The van der Waals surface area contributed by atoms with Crippen LogP contribution in [0.2, 0.25) is 0 Å². The Bertz CT molecular complexity index is 361. The Labute approximate surface area is 89.6 Å². The van der Waals surface area contributed by atoms with E-state index in [1.54, 1.807) is 13.8 Å². The van der Waals surface area contributed by atoms with Crippen LogP contribution >= 0.6 is 0 Å². The molecule has 1 rings (SSSR count). The molecule has 0 aliphatic rings. The Morgan fingerprint density at radius 2 is 2.00 bits per heavy atom. The number of nitrogens with one attached hydrogen (secondary N) is 1. The number of anilines is 1. The smallest absolute Gasteiger partial charge is 0.237 e. The lowest BCUT2D eigenvalue weighted by Crippen LogP contribution is -2.50. The first-order valence-corrected chi connectivity index (χ1v) is 4.82. The molecule has 0 radical (unpaired) electrons. The highest BCUT2D eigenvalue weighted by Gasteiger charge is 2.23. The van der Waals surface area contributed by atoms with Crippen LogP contribution in [0.5, 0.6) is 0 Å². The average molecular weight is 207 g/mol. The molecular formula is C11H17N3O. The van der Waals surface area contributed by atoms with Gasteiger partial charge in [-0.15, -0.1) is 0 Å². The molecular weight excluding hydrogens is 190 g/mol. The van der Waals surface area contributed by atoms with E-state index in [1.807, 2.05) is 24.3 Å². The van der Waals surface area contributed by atoms with E-state index in [0.29, 0.717) is 12.2 Å². The van der Waals surface area contributed by atoms with Gasteiger partial charge in [-0.1, -0.05) is 18.2 Å². The molecule has 0 bridgehead atoms. The second-order valence-corrected chi connectivity index (χ2v) is 4.04. The molecule has 0 atom stereocenters. The Hall–Kier alpha value is -1.55. The van der Waals surface area contributed by atoms with E-state index in [-0.39, 0.29) is 5.91 Å². The van der Waals surface area contributed by atoms with Crippen LogP contribution in [0, 0.1) is 0 Å². The van der Waals surface area contributed by atoms with Crippen LogP contribution < -0.4 is 16.8 Å². The van der Waals surface area contributed by atoms with Gasteiger partial charge in [-0.2, -0.15) is 0 Å². The Morgan fingerprint density at radius 3 is 2.53 bits per heavy atom. The summed E-state index contributed by atoms with van der Waals surface area (Å²) in [5.41, 5.74) is 12.0. The molecule has 1 aromatic carbocycles. The summed E-state index contributed by atoms with van der Waals surface area (Å²) >= 11 is 0. The van der Waals surface area contributed by atoms with Crippen molar-refractivity contribution in [3.8, 4) is 0 Å². The molecule has 1 amide bonds. The molecule has 0 aromatic heterocycles. The first kappa shape index (κ1) is 11.5. The standard InChI is InChI=1S/C11H17N3O/c1-11(2,10(13)15)14-7-8-5-3-4-6-9(8)12/h3-6,14H,7,12H2,1-2H3,(H2,13,15). The third-order valence-electron chi connectivity index (χ3n) is 2.39. The summed E-state index contributed by atoms with van der Waals surface area (Å²) in [7, 11) is 0. The molecule has 0 spiro atoms. The number of carbonyl (C=O) groups excluding carboxylic acids is 1. The zero-order valence-electron chi connectivity index (χ0n) is 9.08. The number of benzene rings is 1. The SMILES string of the molecule is CC(C)(NCc1ccccc1N)C(N)=O. The van der Waals surface area contributed by atoms with E-state index >= 15 is 0 Å². The van der Waals surface area contributed by atoms with Gasteiger partial charge in [-0.05, 0) is 25.5 Å². The molecule has 4 heteroatoms. The highest BCUT2D eigenvalue weighted by Crippen LogP contribution is 2.11. The maximum atomic E-state index is 11.1. The second kappa shape index (κ2) is 4.31. The van der Waals surface area contributed by atoms with E-state index in [9.17, 15) is 4.79 Å². The normalized spacial score (nSPS) is 11.3. The largest absolute Gasteiger partial charge is 0.398 e. The summed E-state index contributed by atoms with van der Waals surface area (Å²) in [6.45, 7) is 4.02. The molecule has 0 aliphatic heterocycles. The van der Waals surface area contributed by atoms with E-state index in [2.05, 4.69) is 5.32 Å². The molecule has 15 heavy (non-hydrogen) atoms. The van der Waals surface area contributed by atoms with Gasteiger partial charge in [-0.3, -0.25) is 10.1 Å². The molecule has 82 valence electrons. The minimum atomic E-state index is -0.720. The monoisotopic (exact) mass is 207 g/mol. The van der Waals surface area contributed by atoms with Crippen LogP contribution in [0.15, 0.2) is 24.3 Å². The summed E-state index contributed by atoms with van der Waals surface area (Å²) in [6, 6.07) is 7.52. The fourth-order valence-electron chi connectivity index (χ4n) is 1.10. The van der Waals surface area contributed by atoms with Crippen molar-refractivity contribution in [2.24, 2.45) is 5.73 Å². The highest BCUT2D eigenvalue weighted by atomic mass is 16.1. The lowest BCUT2D eigenvalue weighted by atomic mass is 10.0. The van der Waals surface area contributed by atoms with Crippen molar-refractivity contribution in [2.45, 2.75) is 25.9 Å². The number of carbonyl (C=O) groups is 1. The first-order valence-electron chi connectivity index (χ1n) is 4.82. The van der Waals surface area contributed by atoms with Crippen molar-refractivity contribution in [3.63, 3.8) is 0 Å². The van der Waals surface area contributed by atoms with Gasteiger partial charge < -0.3 is 11.5 Å². The Balaban J connectivity index is 2.66. The van der Waals surface area contributed by atoms with Crippen molar-refractivity contribution in [1.82, 2.24) is 5.32 Å². The number of amides is 1. The predicted molar refractivity (Wildman–Crippen MR) is 61.0 cm³/mol. The summed E-state index contributed by atoms with van der Waals surface area (Å²) in [5, 5.41) is 3.06. The fourth-order valence-corrected chi connectivity index (χ4v) is 1.10.